The first kappa shape index (κ1) is 35.8. The Morgan fingerprint density at radius 2 is 0.607 bits per heavy atom. The topological polar surface area (TPSA) is 69.4 Å². The molecule has 0 bridgehead atoms. The van der Waals surface area contributed by atoms with Crippen molar-refractivity contribution in [3.63, 3.8) is 0 Å². The van der Waals surface area contributed by atoms with E-state index < -0.39 is 0 Å². The van der Waals surface area contributed by atoms with E-state index in [1.165, 1.54) is 21.8 Å². The van der Waals surface area contributed by atoms with E-state index in [0.29, 0.717) is 23.3 Å². The molecule has 11 aromatic rings. The second-order valence-electron chi connectivity index (χ2n) is 14.9. The van der Waals surface area contributed by atoms with Gasteiger partial charge in [-0.25, -0.2) is 24.9 Å². The van der Waals surface area contributed by atoms with Crippen LogP contribution in [0.1, 0.15) is 0 Å². The average molecular weight is 781 g/mol. The predicted molar refractivity (Wildman–Crippen MR) is 248 cm³/mol. The van der Waals surface area contributed by atoms with Crippen LogP contribution in [-0.2, 0) is 0 Å². The molecular formula is C55H36N6. The zero-order valence-electron chi connectivity index (χ0n) is 33.0. The van der Waals surface area contributed by atoms with Gasteiger partial charge in [0.1, 0.15) is 0 Å². The minimum atomic E-state index is 0.613. The van der Waals surface area contributed by atoms with Crippen LogP contribution in [0.15, 0.2) is 218 Å². The zero-order valence-corrected chi connectivity index (χ0v) is 33.0. The van der Waals surface area contributed by atoms with Gasteiger partial charge in [0.05, 0.1) is 22.4 Å². The molecule has 6 heteroatoms. The number of hydrogen-bond acceptors (Lipinski definition) is 5. The molecule has 0 aliphatic carbocycles. The summed E-state index contributed by atoms with van der Waals surface area (Å²) in [5.41, 5.74) is 12.9. The quantitative estimate of drug-likeness (QED) is 0.154. The summed E-state index contributed by atoms with van der Waals surface area (Å²) in [6, 6.07) is 75.2. The Labute approximate surface area is 353 Å². The first-order valence-corrected chi connectivity index (χ1v) is 20.3. The Bertz CT molecular complexity index is 3250. The predicted octanol–water partition coefficient (Wildman–Crippen LogP) is 13.4. The number of nitrogens with zero attached hydrogens (tertiary/aromatic N) is 6. The van der Waals surface area contributed by atoms with E-state index in [9.17, 15) is 0 Å². The van der Waals surface area contributed by atoms with Crippen molar-refractivity contribution < 1.29 is 0 Å². The molecule has 0 radical (unpaired) electrons. The van der Waals surface area contributed by atoms with Crippen LogP contribution in [0.2, 0.25) is 0 Å². The molecular weight excluding hydrogens is 745 g/mol. The molecule has 0 saturated carbocycles. The molecule has 0 atom stereocenters. The largest absolute Gasteiger partial charge is 0.309 e. The number of fused-ring (bicyclic) bond motifs is 3. The normalized spacial score (nSPS) is 11.3. The maximum Gasteiger partial charge on any atom is 0.164 e. The Balaban J connectivity index is 1.00. The molecule has 286 valence electrons. The fraction of sp³-hybridized carbons (Fsp3) is 0. The maximum atomic E-state index is 5.19. The molecule has 0 unspecified atom stereocenters. The van der Waals surface area contributed by atoms with Gasteiger partial charge in [0, 0.05) is 49.8 Å². The Kier molecular flexibility index (Phi) is 9.06. The van der Waals surface area contributed by atoms with Gasteiger partial charge < -0.3 is 4.57 Å². The molecule has 11 rings (SSSR count). The van der Waals surface area contributed by atoms with Crippen molar-refractivity contribution in [1.29, 1.82) is 0 Å². The molecule has 0 spiro atoms. The van der Waals surface area contributed by atoms with E-state index in [0.717, 1.165) is 61.6 Å². The summed E-state index contributed by atoms with van der Waals surface area (Å²) in [7, 11) is 0. The third kappa shape index (κ3) is 6.92. The van der Waals surface area contributed by atoms with Crippen LogP contribution >= 0.6 is 0 Å². The highest BCUT2D eigenvalue weighted by Gasteiger charge is 2.16. The molecule has 3 aromatic heterocycles. The summed E-state index contributed by atoms with van der Waals surface area (Å²) in [6.45, 7) is 0. The lowest BCUT2D eigenvalue weighted by atomic mass is 9.99. The fourth-order valence-corrected chi connectivity index (χ4v) is 8.10. The molecule has 8 aromatic carbocycles. The molecule has 0 aliphatic rings. The van der Waals surface area contributed by atoms with Gasteiger partial charge in [-0.1, -0.05) is 176 Å². The van der Waals surface area contributed by atoms with Crippen LogP contribution < -0.4 is 0 Å². The number of rotatable bonds is 8. The van der Waals surface area contributed by atoms with Crippen LogP contribution in [-0.4, -0.2) is 29.5 Å². The van der Waals surface area contributed by atoms with E-state index in [2.05, 4.69) is 144 Å². The summed E-state index contributed by atoms with van der Waals surface area (Å²) in [6.07, 6.45) is 0. The van der Waals surface area contributed by atoms with Gasteiger partial charge in [-0.2, -0.15) is 0 Å². The lowest BCUT2D eigenvalue weighted by Gasteiger charge is -2.13. The lowest BCUT2D eigenvalue weighted by Crippen LogP contribution is -2.00. The van der Waals surface area contributed by atoms with Crippen molar-refractivity contribution >= 4 is 21.8 Å². The van der Waals surface area contributed by atoms with Crippen molar-refractivity contribution in [2.75, 3.05) is 0 Å². The van der Waals surface area contributed by atoms with E-state index in [-0.39, 0.29) is 0 Å². The Hall–Kier alpha value is -8.35. The first-order valence-electron chi connectivity index (χ1n) is 20.3. The summed E-state index contributed by atoms with van der Waals surface area (Å²) >= 11 is 0. The van der Waals surface area contributed by atoms with Crippen LogP contribution in [0, 0.1) is 0 Å². The van der Waals surface area contributed by atoms with Crippen molar-refractivity contribution in [3.05, 3.63) is 218 Å². The fourth-order valence-electron chi connectivity index (χ4n) is 8.10. The molecule has 6 nitrogen and oxygen atoms in total. The van der Waals surface area contributed by atoms with Gasteiger partial charge >= 0.3 is 0 Å². The summed E-state index contributed by atoms with van der Waals surface area (Å²) in [4.78, 5) is 25.2. The Morgan fingerprint density at radius 3 is 1.13 bits per heavy atom. The third-order valence-corrected chi connectivity index (χ3v) is 11.1. The standard InChI is InChI=1S/C55H36N6/c1-4-17-37(18-5-1)52-56-48(36-49(57-52)43-26-16-28-45(35-43)61-50-31-12-10-29-46(50)47-30-11-13-32-51(47)61)42-25-14-23-40(33-42)41-24-15-27-44(34-41)55-59-53(38-19-6-2-7-20-38)58-54(60-55)39-21-8-3-9-22-39/h1-36H. The summed E-state index contributed by atoms with van der Waals surface area (Å²) in [5.74, 6) is 2.54. The van der Waals surface area contributed by atoms with Gasteiger partial charge in [-0.05, 0) is 53.6 Å². The highest BCUT2D eigenvalue weighted by atomic mass is 15.0. The van der Waals surface area contributed by atoms with E-state index in [1.807, 2.05) is 78.9 Å². The molecule has 0 saturated heterocycles. The highest BCUT2D eigenvalue weighted by molar-refractivity contribution is 6.09. The molecule has 0 fully saturated rings. The van der Waals surface area contributed by atoms with Crippen LogP contribution in [0.25, 0.3) is 107 Å². The Morgan fingerprint density at radius 1 is 0.246 bits per heavy atom. The number of aromatic nitrogens is 6. The van der Waals surface area contributed by atoms with Crippen molar-refractivity contribution in [2.24, 2.45) is 0 Å². The second-order valence-corrected chi connectivity index (χ2v) is 14.9. The molecule has 0 amide bonds. The van der Waals surface area contributed by atoms with Crippen molar-refractivity contribution in [1.82, 2.24) is 29.5 Å². The highest BCUT2D eigenvalue weighted by Crippen LogP contribution is 2.35. The van der Waals surface area contributed by atoms with Gasteiger partial charge in [0.25, 0.3) is 0 Å². The second kappa shape index (κ2) is 15.4. The van der Waals surface area contributed by atoms with Crippen molar-refractivity contribution in [2.45, 2.75) is 0 Å². The van der Waals surface area contributed by atoms with Crippen molar-refractivity contribution in [3.8, 4) is 84.9 Å². The minimum absolute atomic E-state index is 0.613. The smallest absolute Gasteiger partial charge is 0.164 e. The van der Waals surface area contributed by atoms with E-state index in [1.54, 1.807) is 0 Å². The molecule has 61 heavy (non-hydrogen) atoms. The van der Waals surface area contributed by atoms with Gasteiger partial charge in [-0.15, -0.1) is 0 Å². The lowest BCUT2D eigenvalue weighted by molar-refractivity contribution is 1.07. The average Bonchev–Trinajstić information content (AvgIpc) is 3.69. The molecule has 0 N–H and O–H groups in total. The van der Waals surface area contributed by atoms with Crippen LogP contribution in [0.3, 0.4) is 0 Å². The summed E-state index contributed by atoms with van der Waals surface area (Å²) in [5, 5.41) is 2.46. The van der Waals surface area contributed by atoms with Gasteiger partial charge in [-0.3, -0.25) is 0 Å². The molecule has 3 heterocycles. The maximum absolute atomic E-state index is 5.19. The SMILES string of the molecule is c1ccc(-c2nc(-c3cccc(-c4cccc(-c5nc(-c6ccccc6)nc(-c6ccccc6)n5)c4)c3)cc(-c3cccc(-n4c5ccccc5c5ccccc54)c3)n2)cc1. The molecule has 0 aliphatic heterocycles. The number of benzene rings is 8. The number of hydrogen-bond donors (Lipinski definition) is 0. The van der Waals surface area contributed by atoms with Crippen LogP contribution in [0.4, 0.5) is 0 Å². The van der Waals surface area contributed by atoms with Gasteiger partial charge in [0.15, 0.2) is 23.3 Å². The van der Waals surface area contributed by atoms with E-state index >= 15 is 0 Å². The monoisotopic (exact) mass is 780 g/mol. The third-order valence-electron chi connectivity index (χ3n) is 11.1. The zero-order chi connectivity index (χ0) is 40.5. The van der Waals surface area contributed by atoms with Crippen LogP contribution in [0.5, 0.6) is 0 Å². The summed E-state index contributed by atoms with van der Waals surface area (Å²) < 4.78 is 2.34. The van der Waals surface area contributed by atoms with Gasteiger partial charge in [0.2, 0.25) is 0 Å². The van der Waals surface area contributed by atoms with E-state index in [4.69, 9.17) is 24.9 Å². The first-order chi connectivity index (χ1) is 30.2. The minimum Gasteiger partial charge on any atom is -0.309 e. The number of para-hydroxylation sites is 2.